The van der Waals surface area contributed by atoms with E-state index in [0.29, 0.717) is 41.8 Å². The van der Waals surface area contributed by atoms with Crippen molar-refractivity contribution >= 4 is 29.1 Å². The summed E-state index contributed by atoms with van der Waals surface area (Å²) < 4.78 is 16.6. The standard InChI is InChI=1S/C26H25N3O6/c30-24(27-19-5-2-1-3-6-19)17-28(16-21-7-4-10-33-21)26(32)18-13-25(31)29(15-18)20-8-9-22-23(14-20)35-12-11-34-22/h1-10,14,18H,11-13,15-17H2,(H,27,30). The molecule has 3 heterocycles. The van der Waals surface area contributed by atoms with Crippen LogP contribution in [0.4, 0.5) is 11.4 Å². The molecule has 180 valence electrons. The molecule has 2 aliphatic rings. The van der Waals surface area contributed by atoms with Crippen LogP contribution in [0.3, 0.4) is 0 Å². The minimum atomic E-state index is -0.588. The van der Waals surface area contributed by atoms with Crippen LogP contribution in [-0.4, -0.2) is 48.9 Å². The number of carbonyl (C=O) groups is 3. The number of hydrogen-bond donors (Lipinski definition) is 1. The van der Waals surface area contributed by atoms with Crippen LogP contribution >= 0.6 is 0 Å². The maximum atomic E-state index is 13.5. The Balaban J connectivity index is 1.30. The number of nitrogens with zero attached hydrogens (tertiary/aromatic N) is 2. The highest BCUT2D eigenvalue weighted by molar-refractivity contribution is 6.01. The molecule has 35 heavy (non-hydrogen) atoms. The SMILES string of the molecule is O=C(CN(Cc1ccco1)C(=O)C1CC(=O)N(c2ccc3c(c2)OCCO3)C1)Nc1ccccc1. The van der Waals surface area contributed by atoms with Gasteiger partial charge in [-0.05, 0) is 36.4 Å². The molecule has 5 rings (SSSR count). The van der Waals surface area contributed by atoms with Crippen LogP contribution in [0.15, 0.2) is 71.3 Å². The van der Waals surface area contributed by atoms with Crippen LogP contribution in [0.5, 0.6) is 11.5 Å². The van der Waals surface area contributed by atoms with E-state index >= 15 is 0 Å². The third-order valence-corrected chi connectivity index (χ3v) is 5.94. The number of nitrogens with one attached hydrogen (secondary N) is 1. The van der Waals surface area contributed by atoms with E-state index in [-0.39, 0.29) is 43.8 Å². The van der Waals surface area contributed by atoms with Gasteiger partial charge in [0.2, 0.25) is 17.7 Å². The lowest BCUT2D eigenvalue weighted by atomic mass is 10.1. The summed E-state index contributed by atoms with van der Waals surface area (Å²) in [5.74, 6) is 0.407. The fourth-order valence-electron chi connectivity index (χ4n) is 4.28. The number of benzene rings is 2. The van der Waals surface area contributed by atoms with E-state index in [9.17, 15) is 14.4 Å². The lowest BCUT2D eigenvalue weighted by molar-refractivity contribution is -0.139. The molecule has 1 N–H and O–H groups in total. The van der Waals surface area contributed by atoms with Crippen molar-refractivity contribution in [1.82, 2.24) is 4.90 Å². The number of fused-ring (bicyclic) bond motifs is 1. The van der Waals surface area contributed by atoms with Crippen LogP contribution in [0, 0.1) is 5.92 Å². The quantitative estimate of drug-likeness (QED) is 0.564. The Hall–Kier alpha value is -4.27. The van der Waals surface area contributed by atoms with Crippen molar-refractivity contribution in [2.75, 3.05) is 36.5 Å². The number of para-hydroxylation sites is 1. The molecule has 1 saturated heterocycles. The lowest BCUT2D eigenvalue weighted by Crippen LogP contribution is -2.41. The van der Waals surface area contributed by atoms with Crippen LogP contribution in [0.1, 0.15) is 12.2 Å². The second-order valence-electron chi connectivity index (χ2n) is 8.42. The number of rotatable bonds is 7. The zero-order chi connectivity index (χ0) is 24.2. The van der Waals surface area contributed by atoms with Gasteiger partial charge in [-0.25, -0.2) is 0 Å². The van der Waals surface area contributed by atoms with Crippen LogP contribution < -0.4 is 19.7 Å². The zero-order valence-corrected chi connectivity index (χ0v) is 19.0. The maximum absolute atomic E-state index is 13.5. The summed E-state index contributed by atoms with van der Waals surface area (Å²) in [6.07, 6.45) is 1.58. The smallest absolute Gasteiger partial charge is 0.244 e. The molecule has 2 aromatic carbocycles. The Bertz CT molecular complexity index is 1210. The van der Waals surface area contributed by atoms with E-state index in [1.165, 1.54) is 11.2 Å². The third kappa shape index (κ3) is 5.13. The fraction of sp³-hybridized carbons (Fsp3) is 0.269. The van der Waals surface area contributed by atoms with Gasteiger partial charge >= 0.3 is 0 Å². The van der Waals surface area contributed by atoms with Crippen LogP contribution in [-0.2, 0) is 20.9 Å². The third-order valence-electron chi connectivity index (χ3n) is 5.94. The number of hydrogen-bond acceptors (Lipinski definition) is 6. The normalized spacial score (nSPS) is 16.7. The first-order chi connectivity index (χ1) is 17.1. The summed E-state index contributed by atoms with van der Waals surface area (Å²) in [6.45, 7) is 1.10. The summed E-state index contributed by atoms with van der Waals surface area (Å²) in [6, 6.07) is 17.8. The van der Waals surface area contributed by atoms with E-state index in [1.807, 2.05) is 18.2 Å². The van der Waals surface area contributed by atoms with Crippen molar-refractivity contribution in [3.63, 3.8) is 0 Å². The van der Waals surface area contributed by atoms with Crippen molar-refractivity contribution in [2.24, 2.45) is 5.92 Å². The molecule has 0 radical (unpaired) electrons. The molecule has 9 heteroatoms. The average Bonchev–Trinajstić information content (AvgIpc) is 3.53. The van der Waals surface area contributed by atoms with Gasteiger partial charge in [0.1, 0.15) is 25.5 Å². The molecule has 0 spiro atoms. The van der Waals surface area contributed by atoms with Crippen molar-refractivity contribution in [1.29, 1.82) is 0 Å². The molecule has 0 bridgehead atoms. The molecular weight excluding hydrogens is 450 g/mol. The van der Waals surface area contributed by atoms with E-state index in [0.717, 1.165) is 0 Å². The van der Waals surface area contributed by atoms with E-state index in [2.05, 4.69) is 5.32 Å². The average molecular weight is 476 g/mol. The first-order valence-electron chi connectivity index (χ1n) is 11.4. The highest BCUT2D eigenvalue weighted by Gasteiger charge is 2.38. The van der Waals surface area contributed by atoms with Crippen molar-refractivity contribution in [3.05, 3.63) is 72.7 Å². The van der Waals surface area contributed by atoms with Gasteiger partial charge in [0.05, 0.1) is 18.7 Å². The Morgan fingerprint density at radius 1 is 1.00 bits per heavy atom. The molecule has 3 aromatic rings. The van der Waals surface area contributed by atoms with Gasteiger partial charge in [-0.3, -0.25) is 14.4 Å². The molecule has 0 saturated carbocycles. The summed E-state index contributed by atoms with van der Waals surface area (Å²) in [5.41, 5.74) is 1.29. The second kappa shape index (κ2) is 9.92. The van der Waals surface area contributed by atoms with Crippen molar-refractivity contribution in [3.8, 4) is 11.5 Å². The number of furan rings is 1. The van der Waals surface area contributed by atoms with Gasteiger partial charge in [0.15, 0.2) is 11.5 Å². The van der Waals surface area contributed by atoms with Gasteiger partial charge in [0.25, 0.3) is 0 Å². The molecule has 1 atom stereocenters. The van der Waals surface area contributed by atoms with Gasteiger partial charge in [-0.1, -0.05) is 18.2 Å². The van der Waals surface area contributed by atoms with Crippen LogP contribution in [0.25, 0.3) is 0 Å². The summed E-state index contributed by atoms with van der Waals surface area (Å²) >= 11 is 0. The van der Waals surface area contributed by atoms with Gasteiger partial charge < -0.3 is 29.0 Å². The molecule has 1 fully saturated rings. The highest BCUT2D eigenvalue weighted by Crippen LogP contribution is 2.36. The lowest BCUT2D eigenvalue weighted by Gasteiger charge is -2.25. The monoisotopic (exact) mass is 475 g/mol. The molecule has 1 aromatic heterocycles. The van der Waals surface area contributed by atoms with E-state index in [1.54, 1.807) is 47.4 Å². The Labute approximate surface area is 202 Å². The minimum absolute atomic E-state index is 0.0578. The summed E-state index contributed by atoms with van der Waals surface area (Å²) in [5, 5.41) is 2.80. The molecular formula is C26H25N3O6. The minimum Gasteiger partial charge on any atom is -0.486 e. The van der Waals surface area contributed by atoms with E-state index < -0.39 is 5.92 Å². The number of anilines is 2. The summed E-state index contributed by atoms with van der Waals surface area (Å²) in [4.78, 5) is 42.1. The van der Waals surface area contributed by atoms with Gasteiger partial charge in [-0.2, -0.15) is 0 Å². The number of ether oxygens (including phenoxy) is 2. The van der Waals surface area contributed by atoms with Crippen LogP contribution in [0.2, 0.25) is 0 Å². The number of amides is 3. The Morgan fingerprint density at radius 2 is 1.80 bits per heavy atom. The van der Waals surface area contributed by atoms with Gasteiger partial charge in [-0.15, -0.1) is 0 Å². The first-order valence-corrected chi connectivity index (χ1v) is 11.4. The van der Waals surface area contributed by atoms with Crippen molar-refractivity contribution in [2.45, 2.75) is 13.0 Å². The second-order valence-corrected chi connectivity index (χ2v) is 8.42. The largest absolute Gasteiger partial charge is 0.486 e. The van der Waals surface area contributed by atoms with Crippen molar-refractivity contribution < 1.29 is 28.3 Å². The predicted octanol–water partition coefficient (Wildman–Crippen LogP) is 3.07. The molecule has 1 unspecified atom stereocenters. The molecule has 9 nitrogen and oxygen atoms in total. The van der Waals surface area contributed by atoms with Gasteiger partial charge in [0, 0.05) is 30.4 Å². The first kappa shape index (κ1) is 22.5. The highest BCUT2D eigenvalue weighted by atomic mass is 16.6. The Kier molecular flexibility index (Phi) is 6.38. The zero-order valence-electron chi connectivity index (χ0n) is 19.0. The summed E-state index contributed by atoms with van der Waals surface area (Å²) in [7, 11) is 0. The number of carbonyl (C=O) groups excluding carboxylic acids is 3. The molecule has 2 aliphatic heterocycles. The topological polar surface area (TPSA) is 101 Å². The molecule has 0 aliphatic carbocycles. The maximum Gasteiger partial charge on any atom is 0.244 e. The fourth-order valence-corrected chi connectivity index (χ4v) is 4.28. The molecule has 3 amide bonds. The predicted molar refractivity (Wildman–Crippen MR) is 127 cm³/mol. The van der Waals surface area contributed by atoms with E-state index in [4.69, 9.17) is 13.9 Å². The Morgan fingerprint density at radius 3 is 2.57 bits per heavy atom.